The van der Waals surface area contributed by atoms with Gasteiger partial charge < -0.3 is 14.4 Å². The van der Waals surface area contributed by atoms with E-state index >= 15 is 0 Å². The summed E-state index contributed by atoms with van der Waals surface area (Å²) in [4.78, 5) is 16.9. The van der Waals surface area contributed by atoms with Gasteiger partial charge in [-0.25, -0.2) is 0 Å². The molecule has 0 radical (unpaired) electrons. The van der Waals surface area contributed by atoms with E-state index in [1.807, 2.05) is 23.1 Å². The molecule has 1 aromatic carbocycles. The molecule has 0 aliphatic carbocycles. The van der Waals surface area contributed by atoms with Crippen LogP contribution in [0.5, 0.6) is 11.5 Å². The number of hydrogen-bond donors (Lipinski definition) is 0. The molecule has 0 saturated carbocycles. The molecule has 0 N–H and O–H groups in total. The Morgan fingerprint density at radius 1 is 1.12 bits per heavy atom. The van der Waals surface area contributed by atoms with Crippen molar-refractivity contribution in [2.45, 2.75) is 18.9 Å². The van der Waals surface area contributed by atoms with Crippen molar-refractivity contribution in [2.75, 3.05) is 50.9 Å². The van der Waals surface area contributed by atoms with Crippen LogP contribution in [-0.2, 0) is 15.6 Å². The summed E-state index contributed by atoms with van der Waals surface area (Å²) in [6.07, 6.45) is 2.00. The van der Waals surface area contributed by atoms with Gasteiger partial charge in [0.15, 0.2) is 11.5 Å². The maximum atomic E-state index is 12.8. The molecule has 25 heavy (non-hydrogen) atoms. The first-order valence-corrected chi connectivity index (χ1v) is 10.5. The average molecular weight is 364 g/mol. The molecule has 1 aromatic rings. The zero-order chi connectivity index (χ0) is 17.2. The molecule has 4 rings (SSSR count). The summed E-state index contributed by atoms with van der Waals surface area (Å²) >= 11 is 0. The fourth-order valence-electron chi connectivity index (χ4n) is 3.79. The van der Waals surface area contributed by atoms with Gasteiger partial charge in [-0.2, -0.15) is 0 Å². The van der Waals surface area contributed by atoms with Crippen molar-refractivity contribution in [1.82, 2.24) is 9.80 Å². The molecule has 3 heterocycles. The number of benzene rings is 1. The largest absolute Gasteiger partial charge is 0.486 e. The fraction of sp³-hybridized carbons (Fsp3) is 0.611. The summed E-state index contributed by atoms with van der Waals surface area (Å²) in [6, 6.07) is 6.13. The number of ether oxygens (including phenoxy) is 2. The quantitative estimate of drug-likeness (QED) is 0.806. The molecule has 3 aliphatic heterocycles. The van der Waals surface area contributed by atoms with E-state index in [0.717, 1.165) is 49.5 Å². The van der Waals surface area contributed by atoms with E-state index in [0.29, 0.717) is 31.3 Å². The summed E-state index contributed by atoms with van der Waals surface area (Å²) < 4.78 is 22.7. The number of carbonyl (C=O) groups is 1. The van der Waals surface area contributed by atoms with Gasteiger partial charge in [-0.1, -0.05) is 6.07 Å². The Morgan fingerprint density at radius 2 is 1.88 bits per heavy atom. The second kappa shape index (κ2) is 7.33. The van der Waals surface area contributed by atoms with Crippen LogP contribution in [0.4, 0.5) is 0 Å². The predicted molar refractivity (Wildman–Crippen MR) is 95.4 cm³/mol. The van der Waals surface area contributed by atoms with E-state index in [1.165, 1.54) is 0 Å². The van der Waals surface area contributed by atoms with Gasteiger partial charge in [-0.05, 0) is 30.5 Å². The van der Waals surface area contributed by atoms with Crippen molar-refractivity contribution < 1.29 is 18.5 Å². The van der Waals surface area contributed by atoms with Crippen LogP contribution in [0.25, 0.3) is 0 Å². The number of amides is 1. The minimum atomic E-state index is -0.708. The first-order valence-electron chi connectivity index (χ1n) is 8.97. The standard InChI is InChI=1S/C18H24N2O4S/c21-18(13-19-6-10-25(22)11-7-19)20-5-1-2-15(20)14-3-4-16-17(12-14)24-9-8-23-16/h3-4,12,15H,1-2,5-11,13H2. The molecule has 2 fully saturated rings. The third-order valence-corrected chi connectivity index (χ3v) is 6.43. The molecule has 3 aliphatic rings. The van der Waals surface area contributed by atoms with Crippen LogP contribution >= 0.6 is 0 Å². The SMILES string of the molecule is O=C(CN1CCS(=O)CC1)N1CCCC1c1ccc2c(c1)OCCO2. The molecule has 1 atom stereocenters. The predicted octanol–water partition coefficient (Wildman–Crippen LogP) is 1.19. The summed E-state index contributed by atoms with van der Waals surface area (Å²) in [5.41, 5.74) is 1.12. The highest BCUT2D eigenvalue weighted by Crippen LogP contribution is 2.38. The number of hydrogen-bond acceptors (Lipinski definition) is 5. The first-order chi connectivity index (χ1) is 12.2. The van der Waals surface area contributed by atoms with Crippen LogP contribution in [0.1, 0.15) is 24.4 Å². The summed E-state index contributed by atoms with van der Waals surface area (Å²) in [5.74, 6) is 3.09. The van der Waals surface area contributed by atoms with Gasteiger partial charge in [0, 0.05) is 41.9 Å². The minimum Gasteiger partial charge on any atom is -0.486 e. The third-order valence-electron chi connectivity index (χ3n) is 5.15. The normalized spacial score (nSPS) is 24.5. The lowest BCUT2D eigenvalue weighted by molar-refractivity contribution is -0.133. The number of carbonyl (C=O) groups excluding carboxylic acids is 1. The van der Waals surface area contributed by atoms with Crippen molar-refractivity contribution in [3.05, 3.63) is 23.8 Å². The highest BCUT2D eigenvalue weighted by Gasteiger charge is 2.32. The van der Waals surface area contributed by atoms with Crippen molar-refractivity contribution in [1.29, 1.82) is 0 Å². The van der Waals surface area contributed by atoms with E-state index in [1.54, 1.807) is 0 Å². The van der Waals surface area contributed by atoms with Crippen LogP contribution in [0.15, 0.2) is 18.2 Å². The van der Waals surface area contributed by atoms with Crippen molar-refractivity contribution in [3.8, 4) is 11.5 Å². The van der Waals surface area contributed by atoms with Gasteiger partial charge in [0.1, 0.15) is 13.2 Å². The number of fused-ring (bicyclic) bond motifs is 1. The van der Waals surface area contributed by atoms with Gasteiger partial charge in [0.25, 0.3) is 0 Å². The highest BCUT2D eigenvalue weighted by atomic mass is 32.2. The van der Waals surface area contributed by atoms with Crippen molar-refractivity contribution in [3.63, 3.8) is 0 Å². The van der Waals surface area contributed by atoms with Gasteiger partial charge in [0.2, 0.25) is 5.91 Å². The molecule has 7 heteroatoms. The van der Waals surface area contributed by atoms with Crippen LogP contribution in [0, 0.1) is 0 Å². The average Bonchev–Trinajstić information content (AvgIpc) is 3.13. The molecule has 2 saturated heterocycles. The molecular formula is C18H24N2O4S. The van der Waals surface area contributed by atoms with Crippen LogP contribution in [0.3, 0.4) is 0 Å². The fourth-order valence-corrected chi connectivity index (χ4v) is 4.92. The Labute approximate surface area is 150 Å². The number of nitrogens with zero attached hydrogens (tertiary/aromatic N) is 2. The van der Waals surface area contributed by atoms with E-state index in [9.17, 15) is 9.00 Å². The van der Waals surface area contributed by atoms with Crippen LogP contribution in [-0.4, -0.2) is 70.8 Å². The maximum absolute atomic E-state index is 12.8. The molecule has 0 bridgehead atoms. The lowest BCUT2D eigenvalue weighted by Gasteiger charge is -2.31. The van der Waals surface area contributed by atoms with E-state index in [-0.39, 0.29) is 11.9 Å². The van der Waals surface area contributed by atoms with Crippen molar-refractivity contribution in [2.24, 2.45) is 0 Å². The minimum absolute atomic E-state index is 0.113. The molecule has 136 valence electrons. The Kier molecular flexibility index (Phi) is 4.94. The zero-order valence-corrected chi connectivity index (χ0v) is 15.1. The summed E-state index contributed by atoms with van der Waals surface area (Å²) in [5, 5.41) is 0. The van der Waals surface area contributed by atoms with Gasteiger partial charge in [-0.15, -0.1) is 0 Å². The lowest BCUT2D eigenvalue weighted by atomic mass is 10.0. The topological polar surface area (TPSA) is 59.1 Å². The summed E-state index contributed by atoms with van der Waals surface area (Å²) in [6.45, 7) is 3.89. The molecule has 1 unspecified atom stereocenters. The summed E-state index contributed by atoms with van der Waals surface area (Å²) in [7, 11) is -0.708. The maximum Gasteiger partial charge on any atom is 0.237 e. The van der Waals surface area contributed by atoms with E-state index in [4.69, 9.17) is 9.47 Å². The Bertz CT molecular complexity index is 671. The Hall–Kier alpha value is -1.60. The second-order valence-corrected chi connectivity index (χ2v) is 8.47. The van der Waals surface area contributed by atoms with Crippen LogP contribution < -0.4 is 9.47 Å². The zero-order valence-electron chi connectivity index (χ0n) is 14.3. The smallest absolute Gasteiger partial charge is 0.237 e. The Morgan fingerprint density at radius 3 is 2.68 bits per heavy atom. The van der Waals surface area contributed by atoms with Crippen molar-refractivity contribution >= 4 is 16.7 Å². The molecule has 0 spiro atoms. The van der Waals surface area contributed by atoms with Gasteiger partial charge in [0.05, 0.1) is 12.6 Å². The monoisotopic (exact) mass is 364 g/mol. The molecule has 6 nitrogen and oxygen atoms in total. The third kappa shape index (κ3) is 3.67. The number of likely N-dealkylation sites (tertiary alicyclic amines) is 1. The second-order valence-electron chi connectivity index (χ2n) is 6.77. The van der Waals surface area contributed by atoms with Gasteiger partial charge in [-0.3, -0.25) is 13.9 Å². The lowest BCUT2D eigenvalue weighted by Crippen LogP contribution is -2.45. The van der Waals surface area contributed by atoms with E-state index in [2.05, 4.69) is 4.90 Å². The molecule has 1 amide bonds. The van der Waals surface area contributed by atoms with Crippen LogP contribution in [0.2, 0.25) is 0 Å². The van der Waals surface area contributed by atoms with E-state index < -0.39 is 10.8 Å². The first kappa shape index (κ1) is 16.8. The van der Waals surface area contributed by atoms with Gasteiger partial charge >= 0.3 is 0 Å². The Balaban J connectivity index is 1.45. The molecule has 0 aromatic heterocycles. The number of rotatable bonds is 3. The molecular weight excluding hydrogens is 340 g/mol. The highest BCUT2D eigenvalue weighted by molar-refractivity contribution is 7.85.